The average molecular weight is 409 g/mol. The summed E-state index contributed by atoms with van der Waals surface area (Å²) in [5.74, 6) is 0. The van der Waals surface area contributed by atoms with Gasteiger partial charge >= 0.3 is 0 Å². The van der Waals surface area contributed by atoms with Gasteiger partial charge in [-0.1, -0.05) is 29.3 Å². The van der Waals surface area contributed by atoms with Crippen LogP contribution >= 0.6 is 23.2 Å². The van der Waals surface area contributed by atoms with Crippen LogP contribution < -0.4 is 9.44 Å². The fourth-order valence-electron chi connectivity index (χ4n) is 1.92. The van der Waals surface area contributed by atoms with Gasteiger partial charge in [0.25, 0.3) is 10.0 Å². The fraction of sp³-hybridized carbons (Fsp3) is 0.143. The molecule has 0 unspecified atom stereocenters. The fourth-order valence-corrected chi connectivity index (χ4v) is 4.35. The highest BCUT2D eigenvalue weighted by molar-refractivity contribution is 7.92. The van der Waals surface area contributed by atoms with Crippen LogP contribution in [0.15, 0.2) is 46.2 Å². The van der Waals surface area contributed by atoms with Crippen LogP contribution in [0.25, 0.3) is 0 Å². The van der Waals surface area contributed by atoms with Gasteiger partial charge in [0.15, 0.2) is 0 Å². The summed E-state index contributed by atoms with van der Waals surface area (Å²) in [4.78, 5) is -0.102. The van der Waals surface area contributed by atoms with Gasteiger partial charge in [0.1, 0.15) is 0 Å². The van der Waals surface area contributed by atoms with Crippen LogP contribution in [0.2, 0.25) is 10.0 Å². The van der Waals surface area contributed by atoms with E-state index in [0.29, 0.717) is 5.56 Å². The lowest BCUT2D eigenvalue weighted by Crippen LogP contribution is -2.20. The number of halogens is 2. The Morgan fingerprint density at radius 2 is 1.54 bits per heavy atom. The maximum absolute atomic E-state index is 12.4. The molecule has 130 valence electrons. The molecule has 6 nitrogen and oxygen atoms in total. The highest BCUT2D eigenvalue weighted by atomic mass is 35.5. The second-order valence-corrected chi connectivity index (χ2v) is 9.22. The molecule has 0 fully saturated rings. The van der Waals surface area contributed by atoms with Crippen LogP contribution in [-0.4, -0.2) is 23.9 Å². The van der Waals surface area contributed by atoms with E-state index in [-0.39, 0.29) is 25.5 Å². The Bertz CT molecular complexity index is 990. The van der Waals surface area contributed by atoms with E-state index in [1.165, 1.54) is 43.4 Å². The highest BCUT2D eigenvalue weighted by Crippen LogP contribution is 2.27. The summed E-state index contributed by atoms with van der Waals surface area (Å²) >= 11 is 11.6. The molecule has 24 heavy (non-hydrogen) atoms. The van der Waals surface area contributed by atoms with Crippen molar-refractivity contribution in [2.75, 3.05) is 11.8 Å². The molecule has 0 bridgehead atoms. The van der Waals surface area contributed by atoms with E-state index < -0.39 is 20.0 Å². The van der Waals surface area contributed by atoms with Crippen LogP contribution in [0, 0.1) is 6.92 Å². The van der Waals surface area contributed by atoms with Crippen LogP contribution in [-0.2, 0) is 20.0 Å². The summed E-state index contributed by atoms with van der Waals surface area (Å²) in [6.45, 7) is 1.61. The molecule has 0 aliphatic heterocycles. The Morgan fingerprint density at radius 1 is 0.875 bits per heavy atom. The highest BCUT2D eigenvalue weighted by Gasteiger charge is 2.19. The Hall–Kier alpha value is -1.32. The van der Waals surface area contributed by atoms with Crippen molar-refractivity contribution in [3.05, 3.63) is 52.0 Å². The molecular formula is C14H14Cl2N2O4S2. The second kappa shape index (κ2) is 6.89. The van der Waals surface area contributed by atoms with Crippen molar-refractivity contribution in [2.24, 2.45) is 0 Å². The van der Waals surface area contributed by atoms with Crippen molar-refractivity contribution >= 4 is 48.9 Å². The predicted molar refractivity (Wildman–Crippen MR) is 94.7 cm³/mol. The number of hydrogen-bond donors (Lipinski definition) is 2. The lowest BCUT2D eigenvalue weighted by Gasteiger charge is -2.12. The van der Waals surface area contributed by atoms with Crippen LogP contribution in [0.3, 0.4) is 0 Å². The quantitative estimate of drug-likeness (QED) is 0.794. The summed E-state index contributed by atoms with van der Waals surface area (Å²) in [6, 6.07) is 8.11. The first-order valence-corrected chi connectivity index (χ1v) is 10.3. The molecule has 0 aliphatic rings. The second-order valence-electron chi connectivity index (χ2n) is 4.87. The van der Waals surface area contributed by atoms with Gasteiger partial charge in [-0.2, -0.15) is 0 Å². The van der Waals surface area contributed by atoms with Crippen molar-refractivity contribution in [1.82, 2.24) is 4.72 Å². The molecule has 0 amide bonds. The van der Waals surface area contributed by atoms with Gasteiger partial charge in [-0.25, -0.2) is 21.6 Å². The maximum Gasteiger partial charge on any atom is 0.261 e. The standard InChI is InChI=1S/C14H14Cl2N2O4S2/c1-9-3-4-10(7-14(9)24(21,22)17-2)18-23(19,20)11-5-6-12(15)13(16)8-11/h3-8,17-18H,1-2H3. The first kappa shape index (κ1) is 19.0. The summed E-state index contributed by atoms with van der Waals surface area (Å²) in [5.41, 5.74) is 0.599. The third kappa shape index (κ3) is 4.01. The lowest BCUT2D eigenvalue weighted by atomic mass is 10.2. The molecular weight excluding hydrogens is 395 g/mol. The van der Waals surface area contributed by atoms with E-state index in [0.717, 1.165) is 0 Å². The van der Waals surface area contributed by atoms with Crippen molar-refractivity contribution in [3.63, 3.8) is 0 Å². The van der Waals surface area contributed by atoms with Gasteiger partial charge in [-0.3, -0.25) is 4.72 Å². The molecule has 0 aliphatic carbocycles. The van der Waals surface area contributed by atoms with Crippen LogP contribution in [0.1, 0.15) is 5.56 Å². The largest absolute Gasteiger partial charge is 0.280 e. The molecule has 0 aromatic heterocycles. The van der Waals surface area contributed by atoms with Crippen molar-refractivity contribution in [1.29, 1.82) is 0 Å². The molecule has 0 saturated heterocycles. The molecule has 2 aromatic rings. The molecule has 0 saturated carbocycles. The van der Waals surface area contributed by atoms with Gasteiger partial charge in [-0.15, -0.1) is 0 Å². The first-order valence-electron chi connectivity index (χ1n) is 6.59. The number of aryl methyl sites for hydroxylation is 1. The average Bonchev–Trinajstić information content (AvgIpc) is 2.51. The number of rotatable bonds is 5. The van der Waals surface area contributed by atoms with E-state index >= 15 is 0 Å². The molecule has 0 heterocycles. The number of benzene rings is 2. The van der Waals surface area contributed by atoms with Gasteiger partial charge in [0, 0.05) is 0 Å². The lowest BCUT2D eigenvalue weighted by molar-refractivity contribution is 0.587. The summed E-state index contributed by atoms with van der Waals surface area (Å²) < 4.78 is 53.3. The Morgan fingerprint density at radius 3 is 2.12 bits per heavy atom. The molecule has 2 rings (SSSR count). The van der Waals surface area contributed by atoms with Crippen molar-refractivity contribution in [2.45, 2.75) is 16.7 Å². The molecule has 0 radical (unpaired) electrons. The number of anilines is 1. The zero-order valence-electron chi connectivity index (χ0n) is 12.7. The van der Waals surface area contributed by atoms with Crippen LogP contribution in [0.5, 0.6) is 0 Å². The van der Waals surface area contributed by atoms with E-state index in [1.807, 2.05) is 0 Å². The molecule has 10 heteroatoms. The maximum atomic E-state index is 12.4. The minimum atomic E-state index is -3.94. The SMILES string of the molecule is CNS(=O)(=O)c1cc(NS(=O)(=O)c2ccc(Cl)c(Cl)c2)ccc1C. The molecule has 2 N–H and O–H groups in total. The third-order valence-electron chi connectivity index (χ3n) is 3.20. The monoisotopic (exact) mass is 408 g/mol. The number of sulfonamides is 2. The number of hydrogen-bond acceptors (Lipinski definition) is 4. The molecule has 0 atom stereocenters. The minimum Gasteiger partial charge on any atom is -0.280 e. The molecule has 2 aromatic carbocycles. The minimum absolute atomic E-state index is 0.0145. The Kier molecular flexibility index (Phi) is 5.46. The zero-order chi connectivity index (χ0) is 18.1. The summed E-state index contributed by atoms with van der Waals surface area (Å²) in [6.07, 6.45) is 0. The van der Waals surface area contributed by atoms with E-state index in [4.69, 9.17) is 23.2 Å². The van der Waals surface area contributed by atoms with Gasteiger partial charge in [0.2, 0.25) is 10.0 Å². The first-order chi connectivity index (χ1) is 11.1. The summed E-state index contributed by atoms with van der Waals surface area (Å²) in [5, 5.41) is 0.329. The topological polar surface area (TPSA) is 92.3 Å². The Labute approximate surface area is 150 Å². The number of nitrogens with one attached hydrogen (secondary N) is 2. The normalized spacial score (nSPS) is 12.2. The van der Waals surface area contributed by atoms with Crippen LogP contribution in [0.4, 0.5) is 5.69 Å². The zero-order valence-corrected chi connectivity index (χ0v) is 15.8. The van der Waals surface area contributed by atoms with Gasteiger partial charge in [-0.05, 0) is 49.9 Å². The van der Waals surface area contributed by atoms with Gasteiger partial charge < -0.3 is 0 Å². The van der Waals surface area contributed by atoms with Gasteiger partial charge in [0.05, 0.1) is 25.5 Å². The van der Waals surface area contributed by atoms with Crippen molar-refractivity contribution in [3.8, 4) is 0 Å². The Balaban J connectivity index is 2.43. The van der Waals surface area contributed by atoms with E-state index in [2.05, 4.69) is 9.44 Å². The predicted octanol–water partition coefficient (Wildman–Crippen LogP) is 3.01. The smallest absolute Gasteiger partial charge is 0.261 e. The molecule has 0 spiro atoms. The van der Waals surface area contributed by atoms with E-state index in [9.17, 15) is 16.8 Å². The van der Waals surface area contributed by atoms with Crippen molar-refractivity contribution < 1.29 is 16.8 Å². The summed E-state index contributed by atoms with van der Waals surface area (Å²) in [7, 11) is -6.37. The van der Waals surface area contributed by atoms with E-state index in [1.54, 1.807) is 6.92 Å². The third-order valence-corrected chi connectivity index (χ3v) is 6.87.